The van der Waals surface area contributed by atoms with Crippen LogP contribution in [-0.2, 0) is 4.79 Å². The second-order valence-corrected chi connectivity index (χ2v) is 5.73. The zero-order chi connectivity index (χ0) is 15.9. The van der Waals surface area contributed by atoms with Gasteiger partial charge in [0, 0.05) is 31.1 Å². The number of halogens is 1. The van der Waals surface area contributed by atoms with Crippen LogP contribution >= 0.6 is 11.6 Å². The van der Waals surface area contributed by atoms with Crippen molar-refractivity contribution in [2.24, 2.45) is 0 Å². The molecule has 0 aromatic heterocycles. The van der Waals surface area contributed by atoms with Gasteiger partial charge in [-0.15, -0.1) is 0 Å². The van der Waals surface area contributed by atoms with E-state index >= 15 is 0 Å². The lowest BCUT2D eigenvalue weighted by Crippen LogP contribution is -2.37. The maximum Gasteiger partial charge on any atom is 0.255 e. The summed E-state index contributed by atoms with van der Waals surface area (Å²) in [5.74, 6) is 0.260. The third kappa shape index (κ3) is 4.37. The highest BCUT2D eigenvalue weighted by molar-refractivity contribution is 6.30. The number of rotatable bonds is 5. The van der Waals surface area contributed by atoms with Crippen molar-refractivity contribution in [3.05, 3.63) is 28.8 Å². The molecule has 22 heavy (non-hydrogen) atoms. The van der Waals surface area contributed by atoms with Gasteiger partial charge in [0.1, 0.15) is 5.75 Å². The van der Waals surface area contributed by atoms with Crippen molar-refractivity contribution in [3.8, 4) is 5.75 Å². The molecule has 1 N–H and O–H groups in total. The number of benzene rings is 1. The van der Waals surface area contributed by atoms with Gasteiger partial charge in [-0.25, -0.2) is 0 Å². The van der Waals surface area contributed by atoms with E-state index < -0.39 is 0 Å². The lowest BCUT2D eigenvalue weighted by molar-refractivity contribution is -0.131. The van der Waals surface area contributed by atoms with E-state index in [1.54, 1.807) is 18.2 Å². The Hall–Kier alpha value is -1.75. The Morgan fingerprint density at radius 2 is 2.00 bits per heavy atom. The number of likely N-dealkylation sites (tertiary alicyclic amines) is 1. The lowest BCUT2D eigenvalue weighted by atomic mass is 10.1. The molecule has 1 saturated heterocycles. The fraction of sp³-hybridized carbons (Fsp3) is 0.500. The van der Waals surface area contributed by atoms with Crippen LogP contribution < -0.4 is 10.1 Å². The molecule has 120 valence electrons. The van der Waals surface area contributed by atoms with Crippen molar-refractivity contribution in [2.45, 2.75) is 25.7 Å². The Kier molecular flexibility index (Phi) is 6.07. The van der Waals surface area contributed by atoms with Crippen molar-refractivity contribution in [2.75, 3.05) is 26.7 Å². The number of hydrogen-bond acceptors (Lipinski definition) is 3. The number of methoxy groups -OCH3 is 1. The van der Waals surface area contributed by atoms with Crippen molar-refractivity contribution < 1.29 is 14.3 Å². The summed E-state index contributed by atoms with van der Waals surface area (Å²) in [5, 5.41) is 3.26. The van der Waals surface area contributed by atoms with E-state index in [4.69, 9.17) is 16.3 Å². The molecule has 6 heteroatoms. The summed E-state index contributed by atoms with van der Waals surface area (Å²) in [6, 6.07) is 4.84. The number of carbonyl (C=O) groups is 2. The van der Waals surface area contributed by atoms with Gasteiger partial charge in [0.25, 0.3) is 5.91 Å². The van der Waals surface area contributed by atoms with Gasteiger partial charge in [-0.3, -0.25) is 9.59 Å². The SMILES string of the molecule is COc1cc(Cl)ccc1C(=O)NCCC(=O)N1CCCCC1. The minimum Gasteiger partial charge on any atom is -0.496 e. The fourth-order valence-corrected chi connectivity index (χ4v) is 2.69. The zero-order valence-electron chi connectivity index (χ0n) is 12.7. The summed E-state index contributed by atoms with van der Waals surface area (Å²) < 4.78 is 5.15. The first-order valence-corrected chi connectivity index (χ1v) is 7.89. The number of nitrogens with one attached hydrogen (secondary N) is 1. The van der Waals surface area contributed by atoms with E-state index in [0.29, 0.717) is 29.3 Å². The monoisotopic (exact) mass is 324 g/mol. The molecule has 0 bridgehead atoms. The Bertz CT molecular complexity index is 542. The van der Waals surface area contributed by atoms with Crippen LogP contribution in [0.3, 0.4) is 0 Å². The van der Waals surface area contributed by atoms with Crippen LogP contribution in [0.1, 0.15) is 36.0 Å². The normalized spacial score (nSPS) is 14.5. The maximum absolute atomic E-state index is 12.1. The van der Waals surface area contributed by atoms with Gasteiger partial charge in [-0.1, -0.05) is 11.6 Å². The average Bonchev–Trinajstić information content (AvgIpc) is 2.55. The van der Waals surface area contributed by atoms with E-state index in [9.17, 15) is 9.59 Å². The van der Waals surface area contributed by atoms with Gasteiger partial charge in [0.05, 0.1) is 12.7 Å². The molecule has 1 aliphatic rings. The van der Waals surface area contributed by atoms with Crippen molar-refractivity contribution in [3.63, 3.8) is 0 Å². The molecule has 0 spiro atoms. The van der Waals surface area contributed by atoms with Gasteiger partial charge in [0.15, 0.2) is 0 Å². The first-order chi connectivity index (χ1) is 10.6. The molecule has 1 aromatic carbocycles. The third-order valence-electron chi connectivity index (χ3n) is 3.74. The molecule has 1 aliphatic heterocycles. The predicted molar refractivity (Wildman–Crippen MR) is 85.4 cm³/mol. The van der Waals surface area contributed by atoms with Crippen LogP contribution in [0.5, 0.6) is 5.75 Å². The summed E-state index contributed by atoms with van der Waals surface area (Å²) in [6.07, 6.45) is 3.65. The maximum atomic E-state index is 12.1. The standard InChI is InChI=1S/C16H21ClN2O3/c1-22-14-11-12(17)5-6-13(14)16(21)18-8-7-15(20)19-9-3-2-4-10-19/h5-6,11H,2-4,7-10H2,1H3,(H,18,21). The first-order valence-electron chi connectivity index (χ1n) is 7.51. The van der Waals surface area contributed by atoms with Gasteiger partial charge in [-0.05, 0) is 37.5 Å². The molecule has 1 heterocycles. The molecule has 2 rings (SSSR count). The highest BCUT2D eigenvalue weighted by Crippen LogP contribution is 2.22. The number of piperidine rings is 1. The Morgan fingerprint density at radius 1 is 1.27 bits per heavy atom. The van der Waals surface area contributed by atoms with Crippen LogP contribution in [0.2, 0.25) is 5.02 Å². The molecule has 2 amide bonds. The smallest absolute Gasteiger partial charge is 0.255 e. The molecule has 1 fully saturated rings. The Balaban J connectivity index is 1.83. The summed E-state index contributed by atoms with van der Waals surface area (Å²) in [6.45, 7) is 1.98. The molecular weight excluding hydrogens is 304 g/mol. The summed E-state index contributed by atoms with van der Waals surface area (Å²) >= 11 is 5.87. The molecule has 0 unspecified atom stereocenters. The van der Waals surface area contributed by atoms with E-state index in [1.807, 2.05) is 4.90 Å². The minimum absolute atomic E-state index is 0.100. The lowest BCUT2D eigenvalue weighted by Gasteiger charge is -2.26. The van der Waals surface area contributed by atoms with Crippen LogP contribution in [0.15, 0.2) is 18.2 Å². The fourth-order valence-electron chi connectivity index (χ4n) is 2.53. The van der Waals surface area contributed by atoms with E-state index in [0.717, 1.165) is 25.9 Å². The van der Waals surface area contributed by atoms with Crippen molar-refractivity contribution in [1.82, 2.24) is 10.2 Å². The van der Waals surface area contributed by atoms with Crippen LogP contribution in [0.4, 0.5) is 0 Å². The van der Waals surface area contributed by atoms with Crippen molar-refractivity contribution >= 4 is 23.4 Å². The number of amides is 2. The molecule has 0 radical (unpaired) electrons. The quantitative estimate of drug-likeness (QED) is 0.905. The first kappa shape index (κ1) is 16.6. The van der Waals surface area contributed by atoms with Gasteiger partial charge in [-0.2, -0.15) is 0 Å². The van der Waals surface area contributed by atoms with E-state index in [1.165, 1.54) is 13.5 Å². The highest BCUT2D eigenvalue weighted by Gasteiger charge is 2.17. The highest BCUT2D eigenvalue weighted by atomic mass is 35.5. The summed E-state index contributed by atoms with van der Waals surface area (Å²) in [5.41, 5.74) is 0.414. The molecule has 0 saturated carbocycles. The van der Waals surface area contributed by atoms with E-state index in [-0.39, 0.29) is 11.8 Å². The molecule has 0 atom stereocenters. The molecular formula is C16H21ClN2O3. The van der Waals surface area contributed by atoms with Crippen LogP contribution in [0, 0.1) is 0 Å². The Morgan fingerprint density at radius 3 is 2.68 bits per heavy atom. The second-order valence-electron chi connectivity index (χ2n) is 5.29. The molecule has 1 aromatic rings. The summed E-state index contributed by atoms with van der Waals surface area (Å²) in [4.78, 5) is 26.0. The number of ether oxygens (including phenoxy) is 1. The number of nitrogens with zero attached hydrogens (tertiary/aromatic N) is 1. The largest absolute Gasteiger partial charge is 0.496 e. The van der Waals surface area contributed by atoms with Gasteiger partial charge >= 0.3 is 0 Å². The number of carbonyl (C=O) groups excluding carboxylic acids is 2. The second kappa shape index (κ2) is 8.03. The van der Waals surface area contributed by atoms with Crippen LogP contribution in [-0.4, -0.2) is 43.5 Å². The molecule has 5 nitrogen and oxygen atoms in total. The van der Waals surface area contributed by atoms with Crippen molar-refractivity contribution in [1.29, 1.82) is 0 Å². The van der Waals surface area contributed by atoms with E-state index in [2.05, 4.69) is 5.32 Å². The third-order valence-corrected chi connectivity index (χ3v) is 3.98. The molecule has 0 aliphatic carbocycles. The zero-order valence-corrected chi connectivity index (χ0v) is 13.5. The predicted octanol–water partition coefficient (Wildman–Crippen LogP) is 2.48. The summed E-state index contributed by atoms with van der Waals surface area (Å²) in [7, 11) is 1.49. The minimum atomic E-state index is -0.264. The van der Waals surface area contributed by atoms with Crippen LogP contribution in [0.25, 0.3) is 0 Å². The Labute approximate surface area is 135 Å². The van der Waals surface area contributed by atoms with Gasteiger partial charge < -0.3 is 15.0 Å². The topological polar surface area (TPSA) is 58.6 Å². The average molecular weight is 325 g/mol. The van der Waals surface area contributed by atoms with Gasteiger partial charge in [0.2, 0.25) is 5.91 Å². The number of hydrogen-bond donors (Lipinski definition) is 1.